The molecule has 0 aromatic carbocycles. The van der Waals surface area contributed by atoms with Crippen molar-refractivity contribution in [3.05, 3.63) is 23.4 Å². The van der Waals surface area contributed by atoms with E-state index in [1.807, 2.05) is 12.1 Å². The molecule has 2 unspecified atom stereocenters. The zero-order valence-corrected chi connectivity index (χ0v) is 9.24. The van der Waals surface area contributed by atoms with Crippen LogP contribution >= 0.6 is 11.6 Å². The Hall–Kier alpha value is -0.800. The van der Waals surface area contributed by atoms with E-state index in [-0.39, 0.29) is 6.10 Å². The summed E-state index contributed by atoms with van der Waals surface area (Å²) in [6.45, 7) is 0.841. The Balaban J connectivity index is 1.86. The second-order valence-corrected chi connectivity index (χ2v) is 4.45. The van der Waals surface area contributed by atoms with E-state index in [2.05, 4.69) is 10.3 Å². The van der Waals surface area contributed by atoms with E-state index in [1.165, 1.54) is 0 Å². The predicted molar refractivity (Wildman–Crippen MR) is 61.1 cm³/mol. The molecule has 1 aromatic heterocycles. The Morgan fingerprint density at radius 2 is 2.40 bits per heavy atom. The van der Waals surface area contributed by atoms with E-state index in [0.717, 1.165) is 31.6 Å². The lowest BCUT2D eigenvalue weighted by Crippen LogP contribution is -2.13. The molecule has 1 heterocycles. The molecule has 4 heteroatoms. The SMILES string of the molecule is OC1CCC(CNc2ncccc2Cl)C1. The van der Waals surface area contributed by atoms with Crippen LogP contribution in [0.5, 0.6) is 0 Å². The first-order chi connectivity index (χ1) is 7.25. The van der Waals surface area contributed by atoms with Gasteiger partial charge in [0.25, 0.3) is 0 Å². The highest BCUT2D eigenvalue weighted by Crippen LogP contribution is 2.26. The van der Waals surface area contributed by atoms with Gasteiger partial charge in [0.1, 0.15) is 5.82 Å². The lowest BCUT2D eigenvalue weighted by molar-refractivity contribution is 0.178. The summed E-state index contributed by atoms with van der Waals surface area (Å²) >= 11 is 5.96. The summed E-state index contributed by atoms with van der Waals surface area (Å²) in [5, 5.41) is 13.3. The van der Waals surface area contributed by atoms with Gasteiger partial charge in [-0.05, 0) is 37.3 Å². The highest BCUT2D eigenvalue weighted by atomic mass is 35.5. The molecule has 2 atom stereocenters. The number of nitrogens with one attached hydrogen (secondary N) is 1. The Kier molecular flexibility index (Phi) is 3.44. The van der Waals surface area contributed by atoms with Crippen LogP contribution in [0.1, 0.15) is 19.3 Å². The number of aromatic nitrogens is 1. The van der Waals surface area contributed by atoms with Gasteiger partial charge in [-0.1, -0.05) is 11.6 Å². The molecule has 1 aliphatic carbocycles. The average Bonchev–Trinajstić information content (AvgIpc) is 2.63. The van der Waals surface area contributed by atoms with Gasteiger partial charge < -0.3 is 10.4 Å². The molecule has 2 rings (SSSR count). The first-order valence-corrected chi connectivity index (χ1v) is 5.66. The monoisotopic (exact) mass is 226 g/mol. The first-order valence-electron chi connectivity index (χ1n) is 5.28. The molecule has 15 heavy (non-hydrogen) atoms. The van der Waals surface area contributed by atoms with E-state index in [1.54, 1.807) is 6.20 Å². The lowest BCUT2D eigenvalue weighted by atomic mass is 10.1. The topological polar surface area (TPSA) is 45.1 Å². The van der Waals surface area contributed by atoms with E-state index in [0.29, 0.717) is 10.9 Å². The average molecular weight is 227 g/mol. The molecule has 2 N–H and O–H groups in total. The summed E-state index contributed by atoms with van der Waals surface area (Å²) in [5.74, 6) is 1.28. The molecule has 0 radical (unpaired) electrons. The van der Waals surface area contributed by atoms with Gasteiger partial charge in [0.05, 0.1) is 11.1 Å². The molecule has 0 spiro atoms. The van der Waals surface area contributed by atoms with E-state index in [9.17, 15) is 5.11 Å². The standard InChI is InChI=1S/C11H15ClN2O/c12-10-2-1-5-13-11(10)14-7-8-3-4-9(15)6-8/h1-2,5,8-9,15H,3-4,6-7H2,(H,13,14). The largest absolute Gasteiger partial charge is 0.393 e. The Bertz CT molecular complexity index is 332. The van der Waals surface area contributed by atoms with Crippen molar-refractivity contribution >= 4 is 17.4 Å². The predicted octanol–water partition coefficient (Wildman–Crippen LogP) is 2.31. The van der Waals surface area contributed by atoms with Crippen LogP contribution in [0.2, 0.25) is 5.02 Å². The number of anilines is 1. The minimum atomic E-state index is -0.115. The number of hydrogen-bond acceptors (Lipinski definition) is 3. The van der Waals surface area contributed by atoms with E-state index in [4.69, 9.17) is 11.6 Å². The van der Waals surface area contributed by atoms with Gasteiger partial charge in [-0.25, -0.2) is 4.98 Å². The van der Waals surface area contributed by atoms with Crippen molar-refractivity contribution in [3.8, 4) is 0 Å². The molecule has 1 saturated carbocycles. The van der Waals surface area contributed by atoms with Crippen molar-refractivity contribution < 1.29 is 5.11 Å². The molecule has 0 amide bonds. The van der Waals surface area contributed by atoms with Crippen LogP contribution in [0.15, 0.2) is 18.3 Å². The van der Waals surface area contributed by atoms with Crippen LogP contribution < -0.4 is 5.32 Å². The maximum Gasteiger partial charge on any atom is 0.144 e. The normalized spacial score (nSPS) is 25.5. The summed E-state index contributed by atoms with van der Waals surface area (Å²) in [4.78, 5) is 4.15. The highest BCUT2D eigenvalue weighted by Gasteiger charge is 2.22. The minimum Gasteiger partial charge on any atom is -0.393 e. The lowest BCUT2D eigenvalue weighted by Gasteiger charge is -2.11. The van der Waals surface area contributed by atoms with Gasteiger partial charge in [-0.3, -0.25) is 0 Å². The molecule has 0 bridgehead atoms. The van der Waals surface area contributed by atoms with Crippen LogP contribution in [0.4, 0.5) is 5.82 Å². The molecule has 0 aliphatic heterocycles. The highest BCUT2D eigenvalue weighted by molar-refractivity contribution is 6.32. The molecular weight excluding hydrogens is 212 g/mol. The maximum absolute atomic E-state index is 9.38. The third-order valence-corrected chi connectivity index (χ3v) is 3.14. The number of hydrogen-bond donors (Lipinski definition) is 2. The van der Waals surface area contributed by atoms with Crippen molar-refractivity contribution in [2.75, 3.05) is 11.9 Å². The molecule has 82 valence electrons. The summed E-state index contributed by atoms with van der Waals surface area (Å²) in [6, 6.07) is 3.63. The fourth-order valence-corrected chi connectivity index (χ4v) is 2.18. The van der Waals surface area contributed by atoms with Gasteiger partial charge in [0, 0.05) is 12.7 Å². The molecule has 3 nitrogen and oxygen atoms in total. The van der Waals surface area contributed by atoms with Crippen LogP contribution in [0, 0.1) is 5.92 Å². The Morgan fingerprint density at radius 1 is 1.53 bits per heavy atom. The van der Waals surface area contributed by atoms with Crippen molar-refractivity contribution in [1.29, 1.82) is 0 Å². The Morgan fingerprint density at radius 3 is 3.07 bits per heavy atom. The molecular formula is C11H15ClN2O. The van der Waals surface area contributed by atoms with Gasteiger partial charge in [-0.2, -0.15) is 0 Å². The van der Waals surface area contributed by atoms with Crippen LogP contribution in [-0.4, -0.2) is 22.7 Å². The minimum absolute atomic E-state index is 0.115. The number of aliphatic hydroxyl groups excluding tert-OH is 1. The smallest absolute Gasteiger partial charge is 0.144 e. The van der Waals surface area contributed by atoms with Crippen molar-refractivity contribution in [2.45, 2.75) is 25.4 Å². The summed E-state index contributed by atoms with van der Waals surface area (Å²) < 4.78 is 0. The van der Waals surface area contributed by atoms with Crippen LogP contribution in [0.3, 0.4) is 0 Å². The Labute approximate surface area is 94.5 Å². The van der Waals surface area contributed by atoms with Crippen molar-refractivity contribution in [3.63, 3.8) is 0 Å². The van der Waals surface area contributed by atoms with Crippen LogP contribution in [-0.2, 0) is 0 Å². The molecule has 1 aliphatic rings. The number of aliphatic hydroxyl groups is 1. The number of nitrogens with zero attached hydrogens (tertiary/aromatic N) is 1. The van der Waals surface area contributed by atoms with Gasteiger partial charge in [0.2, 0.25) is 0 Å². The summed E-state index contributed by atoms with van der Waals surface area (Å²) in [7, 11) is 0. The van der Waals surface area contributed by atoms with Crippen molar-refractivity contribution in [1.82, 2.24) is 4.98 Å². The van der Waals surface area contributed by atoms with Crippen molar-refractivity contribution in [2.24, 2.45) is 5.92 Å². The summed E-state index contributed by atoms with van der Waals surface area (Å²) in [6.07, 6.45) is 4.49. The zero-order chi connectivity index (χ0) is 10.7. The van der Waals surface area contributed by atoms with Gasteiger partial charge in [0.15, 0.2) is 0 Å². The fraction of sp³-hybridized carbons (Fsp3) is 0.545. The second kappa shape index (κ2) is 4.81. The number of pyridine rings is 1. The quantitative estimate of drug-likeness (QED) is 0.832. The molecule has 0 saturated heterocycles. The number of halogens is 1. The molecule has 1 fully saturated rings. The van der Waals surface area contributed by atoms with Gasteiger partial charge >= 0.3 is 0 Å². The fourth-order valence-electron chi connectivity index (χ4n) is 1.99. The van der Waals surface area contributed by atoms with E-state index < -0.39 is 0 Å². The van der Waals surface area contributed by atoms with Gasteiger partial charge in [-0.15, -0.1) is 0 Å². The third kappa shape index (κ3) is 2.83. The zero-order valence-electron chi connectivity index (χ0n) is 8.49. The third-order valence-electron chi connectivity index (χ3n) is 2.83. The first kappa shape index (κ1) is 10.7. The van der Waals surface area contributed by atoms with Crippen LogP contribution in [0.25, 0.3) is 0 Å². The maximum atomic E-state index is 9.38. The van der Waals surface area contributed by atoms with E-state index >= 15 is 0 Å². The second-order valence-electron chi connectivity index (χ2n) is 4.05. The molecule has 1 aromatic rings. The summed E-state index contributed by atoms with van der Waals surface area (Å²) in [5.41, 5.74) is 0. The number of rotatable bonds is 3.